The molecule has 0 saturated heterocycles. The zero-order chi connectivity index (χ0) is 18.2. The Morgan fingerprint density at radius 2 is 1.54 bits per heavy atom. The van der Waals surface area contributed by atoms with Crippen LogP contribution in [0.2, 0.25) is 0 Å². The fraction of sp³-hybridized carbons (Fsp3) is 0.316. The Kier molecular flexibility index (Phi) is 7.49. The number of anilines is 1. The number of hydrogen-bond donors (Lipinski definition) is 1. The first-order valence-electron chi connectivity index (χ1n) is 7.65. The summed E-state index contributed by atoms with van der Waals surface area (Å²) in [5.74, 6) is 0.673. The van der Waals surface area contributed by atoms with Gasteiger partial charge in [0.1, 0.15) is 6.29 Å². The smallest absolute Gasteiger partial charge is 0.388 e. The van der Waals surface area contributed by atoms with E-state index in [0.29, 0.717) is 11.6 Å². The minimum absolute atomic E-state index is 0.624. The Morgan fingerprint density at radius 1 is 1.00 bits per heavy atom. The van der Waals surface area contributed by atoms with Gasteiger partial charge in [-0.05, 0) is 42.2 Å². The minimum atomic E-state index is -4.24. The number of nitrogens with one attached hydrogen (secondary N) is 1. The summed E-state index contributed by atoms with van der Waals surface area (Å²) in [5.41, 5.74) is 2.10. The molecule has 0 heterocycles. The lowest BCUT2D eigenvalue weighted by Crippen LogP contribution is -2.04. The van der Waals surface area contributed by atoms with Gasteiger partial charge in [0.05, 0.1) is 5.56 Å². The van der Waals surface area contributed by atoms with Crippen molar-refractivity contribution in [3.05, 3.63) is 65.2 Å². The first kappa shape index (κ1) is 19.7. The fourth-order valence-electron chi connectivity index (χ4n) is 2.03. The van der Waals surface area contributed by atoms with E-state index in [1.54, 1.807) is 7.05 Å². The summed E-state index contributed by atoms with van der Waals surface area (Å²) in [6.45, 7) is 4.38. The van der Waals surface area contributed by atoms with Crippen LogP contribution in [0.4, 0.5) is 18.9 Å². The summed E-state index contributed by atoms with van der Waals surface area (Å²) in [6, 6.07) is 12.6. The van der Waals surface area contributed by atoms with Gasteiger partial charge in [0.2, 0.25) is 0 Å². The van der Waals surface area contributed by atoms with Crippen molar-refractivity contribution < 1.29 is 18.0 Å². The molecular weight excluding hydrogens is 315 g/mol. The van der Waals surface area contributed by atoms with Crippen LogP contribution in [0.1, 0.15) is 35.3 Å². The van der Waals surface area contributed by atoms with Crippen LogP contribution in [0, 0.1) is 5.92 Å². The summed E-state index contributed by atoms with van der Waals surface area (Å²) in [7, 11) is 1.66. The van der Waals surface area contributed by atoms with Gasteiger partial charge in [-0.1, -0.05) is 38.1 Å². The van der Waals surface area contributed by atoms with Crippen LogP contribution in [0.5, 0.6) is 0 Å². The van der Waals surface area contributed by atoms with Crippen LogP contribution in [-0.2, 0) is 12.6 Å². The van der Waals surface area contributed by atoms with Crippen LogP contribution in [0.3, 0.4) is 0 Å². The molecule has 0 fully saturated rings. The van der Waals surface area contributed by atoms with Crippen LogP contribution < -0.4 is 5.32 Å². The van der Waals surface area contributed by atoms with Gasteiger partial charge >= 0.3 is 6.18 Å². The Labute approximate surface area is 140 Å². The molecule has 0 unspecified atom stereocenters. The molecule has 0 aromatic heterocycles. The van der Waals surface area contributed by atoms with E-state index in [1.165, 1.54) is 17.7 Å². The standard InChI is InChI=1S/C11H14O.C8H8F3N/c1-9(2)7-10-3-5-11(8-12)6-4-10;1-12-7-4-2-6(3-5-7)8(9,10)11/h3-6,8-9H,7H2,1-2H3;2-5,12H,1H3. The third-order valence-corrected chi connectivity index (χ3v) is 3.26. The van der Waals surface area contributed by atoms with Crippen molar-refractivity contribution in [1.82, 2.24) is 0 Å². The van der Waals surface area contributed by atoms with Crippen molar-refractivity contribution in [3.8, 4) is 0 Å². The van der Waals surface area contributed by atoms with Gasteiger partial charge in [0.25, 0.3) is 0 Å². The van der Waals surface area contributed by atoms with Gasteiger partial charge in [0.15, 0.2) is 0 Å². The monoisotopic (exact) mass is 337 g/mol. The Balaban J connectivity index is 0.000000240. The van der Waals surface area contributed by atoms with E-state index in [0.717, 1.165) is 30.4 Å². The fourth-order valence-corrected chi connectivity index (χ4v) is 2.03. The van der Waals surface area contributed by atoms with E-state index in [-0.39, 0.29) is 0 Å². The molecule has 130 valence electrons. The van der Waals surface area contributed by atoms with E-state index >= 15 is 0 Å². The number of carbonyl (C=O) groups excluding carboxylic acids is 1. The van der Waals surface area contributed by atoms with Gasteiger partial charge in [0, 0.05) is 18.3 Å². The third-order valence-electron chi connectivity index (χ3n) is 3.26. The van der Waals surface area contributed by atoms with Gasteiger partial charge in [-0.25, -0.2) is 0 Å². The Morgan fingerprint density at radius 3 is 1.92 bits per heavy atom. The van der Waals surface area contributed by atoms with Crippen LogP contribution in [0.15, 0.2) is 48.5 Å². The first-order chi connectivity index (χ1) is 11.3. The van der Waals surface area contributed by atoms with Gasteiger partial charge in [-0.15, -0.1) is 0 Å². The summed E-state index contributed by atoms with van der Waals surface area (Å²) in [6.07, 6.45) is -2.29. The molecule has 0 aliphatic heterocycles. The zero-order valence-electron chi connectivity index (χ0n) is 14.0. The van der Waals surface area contributed by atoms with Crippen molar-refractivity contribution in [1.29, 1.82) is 0 Å². The summed E-state index contributed by atoms with van der Waals surface area (Å²) < 4.78 is 36.0. The van der Waals surface area contributed by atoms with Crippen LogP contribution in [-0.4, -0.2) is 13.3 Å². The predicted molar refractivity (Wildman–Crippen MR) is 91.4 cm³/mol. The molecule has 1 N–H and O–H groups in total. The molecule has 2 aromatic carbocycles. The molecular formula is C19H22F3NO. The Hall–Kier alpha value is -2.30. The van der Waals surface area contributed by atoms with E-state index in [9.17, 15) is 18.0 Å². The lowest BCUT2D eigenvalue weighted by Gasteiger charge is -2.06. The molecule has 24 heavy (non-hydrogen) atoms. The number of aldehydes is 1. The molecule has 2 rings (SSSR count). The molecule has 0 saturated carbocycles. The first-order valence-corrected chi connectivity index (χ1v) is 7.65. The number of hydrogen-bond acceptors (Lipinski definition) is 2. The number of benzene rings is 2. The molecule has 0 atom stereocenters. The molecule has 0 radical (unpaired) electrons. The molecule has 0 amide bonds. The van der Waals surface area contributed by atoms with Gasteiger partial charge in [-0.2, -0.15) is 13.2 Å². The summed E-state index contributed by atoms with van der Waals surface area (Å²) in [4.78, 5) is 10.3. The van der Waals surface area contributed by atoms with E-state index in [2.05, 4.69) is 19.2 Å². The molecule has 0 spiro atoms. The number of alkyl halides is 3. The van der Waals surface area contributed by atoms with E-state index < -0.39 is 11.7 Å². The maximum atomic E-state index is 12.0. The minimum Gasteiger partial charge on any atom is -0.388 e. The van der Waals surface area contributed by atoms with Crippen molar-refractivity contribution in [3.63, 3.8) is 0 Å². The molecule has 2 nitrogen and oxygen atoms in total. The second-order valence-corrected chi connectivity index (χ2v) is 5.78. The van der Waals surface area contributed by atoms with Crippen molar-refractivity contribution in [2.45, 2.75) is 26.4 Å². The lowest BCUT2D eigenvalue weighted by atomic mass is 10.0. The molecule has 0 aliphatic rings. The number of carbonyl (C=O) groups is 1. The second-order valence-electron chi connectivity index (χ2n) is 5.78. The van der Waals surface area contributed by atoms with Crippen LogP contribution >= 0.6 is 0 Å². The van der Waals surface area contributed by atoms with Crippen molar-refractivity contribution >= 4 is 12.0 Å². The second kappa shape index (κ2) is 9.11. The Bertz CT molecular complexity index is 617. The van der Waals surface area contributed by atoms with E-state index in [1.807, 2.05) is 24.3 Å². The highest BCUT2D eigenvalue weighted by molar-refractivity contribution is 5.74. The highest BCUT2D eigenvalue weighted by Crippen LogP contribution is 2.29. The summed E-state index contributed by atoms with van der Waals surface area (Å²) in [5, 5.41) is 2.74. The number of halogens is 3. The molecule has 0 aliphatic carbocycles. The average Bonchev–Trinajstić information content (AvgIpc) is 2.55. The third kappa shape index (κ3) is 6.86. The van der Waals surface area contributed by atoms with E-state index in [4.69, 9.17) is 0 Å². The van der Waals surface area contributed by atoms with Crippen LogP contribution in [0.25, 0.3) is 0 Å². The van der Waals surface area contributed by atoms with Crippen molar-refractivity contribution in [2.24, 2.45) is 5.92 Å². The molecule has 5 heteroatoms. The van der Waals surface area contributed by atoms with Crippen molar-refractivity contribution in [2.75, 3.05) is 12.4 Å². The summed E-state index contributed by atoms with van der Waals surface area (Å²) >= 11 is 0. The molecule has 0 bridgehead atoms. The van der Waals surface area contributed by atoms with Gasteiger partial charge < -0.3 is 5.32 Å². The normalized spacial score (nSPS) is 10.8. The SMILES string of the molecule is CC(C)Cc1ccc(C=O)cc1.CNc1ccc(C(F)(F)F)cc1. The maximum Gasteiger partial charge on any atom is 0.416 e. The highest BCUT2D eigenvalue weighted by atomic mass is 19.4. The highest BCUT2D eigenvalue weighted by Gasteiger charge is 2.29. The topological polar surface area (TPSA) is 29.1 Å². The zero-order valence-corrected chi connectivity index (χ0v) is 14.0. The molecule has 2 aromatic rings. The maximum absolute atomic E-state index is 12.0. The number of rotatable bonds is 4. The van der Waals surface area contributed by atoms with Gasteiger partial charge in [-0.3, -0.25) is 4.79 Å². The largest absolute Gasteiger partial charge is 0.416 e. The predicted octanol–water partition coefficient (Wildman–Crippen LogP) is 5.44. The average molecular weight is 337 g/mol. The quantitative estimate of drug-likeness (QED) is 0.752. The lowest BCUT2D eigenvalue weighted by molar-refractivity contribution is -0.137.